The van der Waals surface area contributed by atoms with E-state index in [0.29, 0.717) is 12.2 Å². The summed E-state index contributed by atoms with van der Waals surface area (Å²) in [6.07, 6.45) is 8.14. The van der Waals surface area contributed by atoms with Crippen LogP contribution in [-0.2, 0) is 9.53 Å². The van der Waals surface area contributed by atoms with E-state index < -0.39 is 0 Å². The van der Waals surface area contributed by atoms with E-state index in [0.717, 1.165) is 25.8 Å². The first-order valence-corrected chi connectivity index (χ1v) is 9.52. The Morgan fingerprint density at radius 3 is 2.76 bits per heavy atom. The molecule has 0 unspecified atom stereocenters. The summed E-state index contributed by atoms with van der Waals surface area (Å²) in [5.41, 5.74) is 0.523. The lowest BCUT2D eigenvalue weighted by molar-refractivity contribution is -0.122. The number of halogens is 1. The van der Waals surface area contributed by atoms with Crippen LogP contribution in [0.3, 0.4) is 0 Å². The van der Waals surface area contributed by atoms with Gasteiger partial charge in [-0.3, -0.25) is 9.69 Å². The Labute approximate surface area is 148 Å². The van der Waals surface area contributed by atoms with Crippen LogP contribution in [0, 0.1) is 5.82 Å². The number of hydrogen-bond acceptors (Lipinski definition) is 3. The first-order valence-electron chi connectivity index (χ1n) is 9.52. The van der Waals surface area contributed by atoms with Crippen molar-refractivity contribution in [3.05, 3.63) is 30.1 Å². The second-order valence-electron chi connectivity index (χ2n) is 7.85. The number of benzene rings is 1. The third-order valence-electron chi connectivity index (χ3n) is 6.20. The zero-order valence-electron chi connectivity index (χ0n) is 14.9. The van der Waals surface area contributed by atoms with Crippen LogP contribution in [0.15, 0.2) is 24.3 Å². The Morgan fingerprint density at radius 2 is 2.00 bits per heavy atom. The Bertz CT molecular complexity index is 644. The number of rotatable bonds is 4. The van der Waals surface area contributed by atoms with Gasteiger partial charge < -0.3 is 9.64 Å². The molecule has 25 heavy (non-hydrogen) atoms. The smallest absolute Gasteiger partial charge is 0.244 e. The molecule has 2 aliphatic heterocycles. The molecule has 4 nitrogen and oxygen atoms in total. The number of para-hydroxylation sites is 1. The summed E-state index contributed by atoms with van der Waals surface area (Å²) in [7, 11) is 2.00. The van der Waals surface area contributed by atoms with Crippen molar-refractivity contribution >= 4 is 11.6 Å². The van der Waals surface area contributed by atoms with Gasteiger partial charge in [0.15, 0.2) is 0 Å². The number of nitrogens with zero attached hydrogens (tertiary/aromatic N) is 2. The van der Waals surface area contributed by atoms with Gasteiger partial charge in [-0.05, 0) is 51.3 Å². The van der Waals surface area contributed by atoms with E-state index in [4.69, 9.17) is 4.74 Å². The van der Waals surface area contributed by atoms with Crippen molar-refractivity contribution in [3.8, 4) is 0 Å². The molecule has 1 aromatic rings. The van der Waals surface area contributed by atoms with Gasteiger partial charge in [0.1, 0.15) is 5.82 Å². The summed E-state index contributed by atoms with van der Waals surface area (Å²) in [5, 5.41) is 0. The van der Waals surface area contributed by atoms with Crippen molar-refractivity contribution in [1.29, 1.82) is 0 Å². The maximum Gasteiger partial charge on any atom is 0.244 e. The quantitative estimate of drug-likeness (QED) is 0.838. The monoisotopic (exact) mass is 346 g/mol. The summed E-state index contributed by atoms with van der Waals surface area (Å²) in [6, 6.07) is 6.34. The average Bonchev–Trinajstić information content (AvgIpc) is 3.31. The summed E-state index contributed by atoms with van der Waals surface area (Å²) in [6.45, 7) is 1.35. The number of carbonyl (C=O) groups excluding carboxylic acids is 1. The minimum Gasteiger partial charge on any atom is -0.370 e. The van der Waals surface area contributed by atoms with Gasteiger partial charge in [-0.25, -0.2) is 4.39 Å². The highest BCUT2D eigenvalue weighted by atomic mass is 19.1. The fourth-order valence-electron chi connectivity index (χ4n) is 4.84. The van der Waals surface area contributed by atoms with Crippen LogP contribution in [0.1, 0.15) is 44.9 Å². The second kappa shape index (κ2) is 6.69. The maximum atomic E-state index is 14.0. The molecule has 2 saturated heterocycles. The van der Waals surface area contributed by atoms with Crippen molar-refractivity contribution in [2.75, 3.05) is 25.0 Å². The Balaban J connectivity index is 1.38. The molecule has 4 rings (SSSR count). The SMILES string of the molecule is CN(C[C@@H]1CCC2(CCCC2)O1)[C@@H]1CCN(c2ccccc2F)C1=O. The van der Waals surface area contributed by atoms with E-state index in [-0.39, 0.29) is 29.5 Å². The summed E-state index contributed by atoms with van der Waals surface area (Å²) in [4.78, 5) is 16.5. The molecule has 3 aliphatic rings. The lowest BCUT2D eigenvalue weighted by Gasteiger charge is -2.28. The molecule has 136 valence electrons. The minimum atomic E-state index is -0.332. The minimum absolute atomic E-state index is 0.00109. The Hall–Kier alpha value is -1.46. The van der Waals surface area contributed by atoms with E-state index >= 15 is 0 Å². The highest BCUT2D eigenvalue weighted by molar-refractivity contribution is 5.99. The van der Waals surface area contributed by atoms with E-state index in [9.17, 15) is 9.18 Å². The standard InChI is InChI=1S/C20H27FN2O2/c1-22(14-15-8-12-20(25-15)10-4-5-11-20)18-9-13-23(19(18)24)17-7-3-2-6-16(17)21/h2-3,6-7,15,18H,4-5,8-14H2,1H3/t15-,18+/m0/s1. The molecule has 0 N–H and O–H groups in total. The summed E-state index contributed by atoms with van der Waals surface area (Å²) in [5.74, 6) is -0.331. The normalized spacial score (nSPS) is 28.6. The predicted octanol–water partition coefficient (Wildman–Crippen LogP) is 3.35. The first-order chi connectivity index (χ1) is 12.1. The van der Waals surface area contributed by atoms with Crippen molar-refractivity contribution in [2.24, 2.45) is 0 Å². The molecule has 3 fully saturated rings. The van der Waals surface area contributed by atoms with Crippen molar-refractivity contribution in [1.82, 2.24) is 4.90 Å². The number of carbonyl (C=O) groups is 1. The van der Waals surface area contributed by atoms with Crippen molar-refractivity contribution < 1.29 is 13.9 Å². The topological polar surface area (TPSA) is 32.8 Å². The van der Waals surface area contributed by atoms with E-state index in [1.807, 2.05) is 7.05 Å². The molecule has 1 amide bonds. The zero-order valence-corrected chi connectivity index (χ0v) is 14.9. The van der Waals surface area contributed by atoms with E-state index in [1.165, 1.54) is 31.7 Å². The van der Waals surface area contributed by atoms with Crippen LogP contribution in [0.5, 0.6) is 0 Å². The Kier molecular flexibility index (Phi) is 4.54. The molecule has 2 atom stereocenters. The van der Waals surface area contributed by atoms with Crippen molar-refractivity contribution in [2.45, 2.75) is 62.7 Å². The third-order valence-corrected chi connectivity index (χ3v) is 6.20. The average molecular weight is 346 g/mol. The molecule has 1 spiro atoms. The lowest BCUT2D eigenvalue weighted by atomic mass is 9.98. The van der Waals surface area contributed by atoms with Gasteiger partial charge in [0.25, 0.3) is 0 Å². The van der Waals surface area contributed by atoms with Crippen LogP contribution in [0.25, 0.3) is 0 Å². The second-order valence-corrected chi connectivity index (χ2v) is 7.85. The van der Waals surface area contributed by atoms with Crippen LogP contribution >= 0.6 is 0 Å². The van der Waals surface area contributed by atoms with Crippen LogP contribution in [0.2, 0.25) is 0 Å². The number of amides is 1. The molecule has 1 aliphatic carbocycles. The highest BCUT2D eigenvalue weighted by Gasteiger charge is 2.43. The lowest BCUT2D eigenvalue weighted by Crippen LogP contribution is -2.43. The summed E-state index contributed by atoms with van der Waals surface area (Å²) >= 11 is 0. The number of ether oxygens (including phenoxy) is 1. The fourth-order valence-corrected chi connectivity index (χ4v) is 4.84. The predicted molar refractivity (Wildman–Crippen MR) is 95.1 cm³/mol. The number of hydrogen-bond donors (Lipinski definition) is 0. The van der Waals surface area contributed by atoms with Crippen LogP contribution in [0.4, 0.5) is 10.1 Å². The largest absolute Gasteiger partial charge is 0.370 e. The van der Waals surface area contributed by atoms with E-state index in [2.05, 4.69) is 4.90 Å². The Morgan fingerprint density at radius 1 is 1.24 bits per heavy atom. The molecular weight excluding hydrogens is 319 g/mol. The van der Waals surface area contributed by atoms with Crippen LogP contribution < -0.4 is 4.90 Å². The number of anilines is 1. The van der Waals surface area contributed by atoms with Gasteiger partial charge in [-0.1, -0.05) is 25.0 Å². The molecule has 2 heterocycles. The van der Waals surface area contributed by atoms with Crippen molar-refractivity contribution in [3.63, 3.8) is 0 Å². The fraction of sp³-hybridized carbons (Fsp3) is 0.650. The van der Waals surface area contributed by atoms with Gasteiger partial charge in [0, 0.05) is 13.1 Å². The zero-order chi connectivity index (χ0) is 17.4. The maximum absolute atomic E-state index is 14.0. The van der Waals surface area contributed by atoms with Gasteiger partial charge in [-0.15, -0.1) is 0 Å². The molecule has 1 aromatic carbocycles. The summed E-state index contributed by atoms with van der Waals surface area (Å²) < 4.78 is 20.4. The van der Waals surface area contributed by atoms with Gasteiger partial charge in [-0.2, -0.15) is 0 Å². The molecule has 1 saturated carbocycles. The first kappa shape index (κ1) is 17.0. The van der Waals surface area contributed by atoms with Gasteiger partial charge in [0.2, 0.25) is 5.91 Å². The molecule has 5 heteroatoms. The molecule has 0 aromatic heterocycles. The third kappa shape index (κ3) is 3.20. The molecule has 0 bridgehead atoms. The highest BCUT2D eigenvalue weighted by Crippen LogP contribution is 2.43. The van der Waals surface area contributed by atoms with Gasteiger partial charge in [0.05, 0.1) is 23.4 Å². The molecular formula is C20H27FN2O2. The van der Waals surface area contributed by atoms with E-state index in [1.54, 1.807) is 23.1 Å². The van der Waals surface area contributed by atoms with Crippen LogP contribution in [-0.4, -0.2) is 48.7 Å². The van der Waals surface area contributed by atoms with Gasteiger partial charge >= 0.3 is 0 Å². The number of likely N-dealkylation sites (N-methyl/N-ethyl adjacent to an activating group) is 1. The molecule has 0 radical (unpaired) electrons.